The Kier molecular flexibility index (Phi) is 3.95. The van der Waals surface area contributed by atoms with Crippen molar-refractivity contribution in [1.82, 2.24) is 0 Å². The molecule has 1 N–H and O–H groups in total. The zero-order valence-electron chi connectivity index (χ0n) is 13.4. The van der Waals surface area contributed by atoms with E-state index in [1.54, 1.807) is 18.2 Å². The number of benzene rings is 2. The Balaban J connectivity index is 1.94. The first-order chi connectivity index (χ1) is 11.0. The number of hydrogen-bond donors (Lipinski definition) is 1. The molecule has 3 aromatic rings. The van der Waals surface area contributed by atoms with Crippen molar-refractivity contribution in [2.75, 3.05) is 0 Å². The summed E-state index contributed by atoms with van der Waals surface area (Å²) in [5.74, 6) is 0.177. The lowest BCUT2D eigenvalue weighted by Crippen LogP contribution is -2.18. The van der Waals surface area contributed by atoms with Crippen LogP contribution < -0.4 is 5.63 Å². The molecule has 3 nitrogen and oxygen atoms in total. The highest BCUT2D eigenvalue weighted by Crippen LogP contribution is 2.33. The Labute approximate surface area is 135 Å². The maximum Gasteiger partial charge on any atom is 0.336 e. The van der Waals surface area contributed by atoms with Crippen LogP contribution in [0.4, 0.5) is 0 Å². The average molecular weight is 308 g/mol. The molecule has 23 heavy (non-hydrogen) atoms. The Morgan fingerprint density at radius 2 is 1.70 bits per heavy atom. The van der Waals surface area contributed by atoms with Crippen LogP contribution in [0, 0.1) is 0 Å². The topological polar surface area (TPSA) is 50.4 Å². The maximum absolute atomic E-state index is 11.5. The first-order valence-electron chi connectivity index (χ1n) is 7.78. The fourth-order valence-electron chi connectivity index (χ4n) is 2.89. The molecule has 3 rings (SSSR count). The molecule has 0 aliphatic carbocycles. The standard InChI is InChI=1S/C20H20O3/c1-20(2,15-6-4-3-5-7-15)13-12-16-17(21)10-8-14-9-11-18(22)23-19(14)16/h3-11,21H,12-13H2,1-2H3. The van der Waals surface area contributed by atoms with Gasteiger partial charge in [0.1, 0.15) is 11.3 Å². The molecule has 1 heterocycles. The van der Waals surface area contributed by atoms with Gasteiger partial charge < -0.3 is 9.52 Å². The van der Waals surface area contributed by atoms with Gasteiger partial charge in [0.05, 0.1) is 0 Å². The highest BCUT2D eigenvalue weighted by molar-refractivity contribution is 5.81. The monoisotopic (exact) mass is 308 g/mol. The number of aryl methyl sites for hydroxylation is 1. The Morgan fingerprint density at radius 1 is 1.00 bits per heavy atom. The van der Waals surface area contributed by atoms with E-state index in [1.807, 2.05) is 18.2 Å². The highest BCUT2D eigenvalue weighted by atomic mass is 16.4. The van der Waals surface area contributed by atoms with Crippen LogP contribution in [-0.2, 0) is 11.8 Å². The number of aromatic hydroxyl groups is 1. The van der Waals surface area contributed by atoms with E-state index in [-0.39, 0.29) is 11.2 Å². The molecular weight excluding hydrogens is 288 g/mol. The summed E-state index contributed by atoms with van der Waals surface area (Å²) in [5.41, 5.74) is 2.00. The quantitative estimate of drug-likeness (QED) is 0.726. The van der Waals surface area contributed by atoms with Crippen molar-refractivity contribution >= 4 is 11.0 Å². The van der Waals surface area contributed by atoms with Crippen molar-refractivity contribution in [1.29, 1.82) is 0 Å². The van der Waals surface area contributed by atoms with Crippen molar-refractivity contribution < 1.29 is 9.52 Å². The molecular formula is C20H20O3. The molecule has 2 aromatic carbocycles. The molecule has 0 saturated heterocycles. The molecule has 0 amide bonds. The summed E-state index contributed by atoms with van der Waals surface area (Å²) in [6.45, 7) is 4.36. The lowest BCUT2D eigenvalue weighted by molar-refractivity contribution is 0.445. The van der Waals surface area contributed by atoms with Crippen molar-refractivity contribution in [3.8, 4) is 5.75 Å². The second-order valence-electron chi connectivity index (χ2n) is 6.49. The van der Waals surface area contributed by atoms with Crippen LogP contribution in [0.3, 0.4) is 0 Å². The van der Waals surface area contributed by atoms with Gasteiger partial charge >= 0.3 is 5.63 Å². The van der Waals surface area contributed by atoms with E-state index in [4.69, 9.17) is 4.42 Å². The summed E-state index contributed by atoms with van der Waals surface area (Å²) in [6, 6.07) is 16.9. The summed E-state index contributed by atoms with van der Waals surface area (Å²) in [4.78, 5) is 11.5. The van der Waals surface area contributed by atoms with Gasteiger partial charge in [-0.05, 0) is 42.0 Å². The lowest BCUT2D eigenvalue weighted by Gasteiger charge is -2.25. The molecule has 118 valence electrons. The van der Waals surface area contributed by atoms with Crippen LogP contribution in [0.2, 0.25) is 0 Å². The van der Waals surface area contributed by atoms with Gasteiger partial charge in [-0.15, -0.1) is 0 Å². The van der Waals surface area contributed by atoms with E-state index in [0.29, 0.717) is 17.6 Å². The third kappa shape index (κ3) is 3.14. The zero-order valence-corrected chi connectivity index (χ0v) is 13.4. The Hall–Kier alpha value is -2.55. The molecule has 0 saturated carbocycles. The largest absolute Gasteiger partial charge is 0.508 e. The molecule has 0 unspecified atom stereocenters. The van der Waals surface area contributed by atoms with Gasteiger partial charge in [0.15, 0.2) is 0 Å². The second kappa shape index (κ2) is 5.92. The first-order valence-corrected chi connectivity index (χ1v) is 7.78. The molecule has 0 radical (unpaired) electrons. The molecule has 0 aliphatic rings. The van der Waals surface area contributed by atoms with E-state index >= 15 is 0 Å². The number of phenols is 1. The van der Waals surface area contributed by atoms with E-state index < -0.39 is 5.63 Å². The summed E-state index contributed by atoms with van der Waals surface area (Å²) >= 11 is 0. The second-order valence-corrected chi connectivity index (χ2v) is 6.49. The number of rotatable bonds is 4. The van der Waals surface area contributed by atoms with Crippen LogP contribution in [0.25, 0.3) is 11.0 Å². The summed E-state index contributed by atoms with van der Waals surface area (Å²) in [5, 5.41) is 11.0. The third-order valence-corrected chi connectivity index (χ3v) is 4.42. The van der Waals surface area contributed by atoms with E-state index in [2.05, 4.69) is 26.0 Å². The highest BCUT2D eigenvalue weighted by Gasteiger charge is 2.22. The number of fused-ring (bicyclic) bond motifs is 1. The van der Waals surface area contributed by atoms with E-state index in [9.17, 15) is 9.90 Å². The molecule has 0 aliphatic heterocycles. The van der Waals surface area contributed by atoms with Crippen molar-refractivity contribution in [2.45, 2.75) is 32.1 Å². The van der Waals surface area contributed by atoms with Crippen LogP contribution in [0.1, 0.15) is 31.4 Å². The molecule has 0 spiro atoms. The maximum atomic E-state index is 11.5. The van der Waals surface area contributed by atoms with Crippen LogP contribution in [0.15, 0.2) is 63.8 Å². The summed E-state index contributed by atoms with van der Waals surface area (Å²) in [7, 11) is 0. The first kappa shape index (κ1) is 15.3. The predicted molar refractivity (Wildman–Crippen MR) is 91.9 cm³/mol. The van der Waals surface area contributed by atoms with Crippen molar-refractivity contribution in [3.05, 3.63) is 76.1 Å². The van der Waals surface area contributed by atoms with Crippen LogP contribution in [0.5, 0.6) is 5.75 Å². The van der Waals surface area contributed by atoms with Gasteiger partial charge in [-0.3, -0.25) is 0 Å². The predicted octanol–water partition coefficient (Wildman–Crippen LogP) is 4.41. The van der Waals surface area contributed by atoms with Gasteiger partial charge in [0.2, 0.25) is 0 Å². The smallest absolute Gasteiger partial charge is 0.336 e. The van der Waals surface area contributed by atoms with Gasteiger partial charge in [-0.1, -0.05) is 44.2 Å². The molecule has 1 aromatic heterocycles. The van der Waals surface area contributed by atoms with E-state index in [0.717, 1.165) is 11.8 Å². The van der Waals surface area contributed by atoms with Crippen molar-refractivity contribution in [2.24, 2.45) is 0 Å². The number of phenolic OH excluding ortho intramolecular Hbond substituents is 1. The number of hydrogen-bond acceptors (Lipinski definition) is 3. The Morgan fingerprint density at radius 3 is 2.43 bits per heavy atom. The average Bonchev–Trinajstić information content (AvgIpc) is 2.54. The van der Waals surface area contributed by atoms with Gasteiger partial charge in [-0.2, -0.15) is 0 Å². The summed E-state index contributed by atoms with van der Waals surface area (Å²) < 4.78 is 5.33. The molecule has 3 heteroatoms. The minimum absolute atomic E-state index is 0.0368. The Bertz CT molecular complexity index is 876. The zero-order chi connectivity index (χ0) is 16.4. The molecule has 0 fully saturated rings. The fourth-order valence-corrected chi connectivity index (χ4v) is 2.89. The van der Waals surface area contributed by atoms with Crippen molar-refractivity contribution in [3.63, 3.8) is 0 Å². The SMILES string of the molecule is CC(C)(CCc1c(O)ccc2ccc(=O)oc12)c1ccccc1. The molecule has 0 bridgehead atoms. The minimum Gasteiger partial charge on any atom is -0.508 e. The van der Waals surface area contributed by atoms with E-state index in [1.165, 1.54) is 11.6 Å². The summed E-state index contributed by atoms with van der Waals surface area (Å²) in [6.07, 6.45) is 1.47. The van der Waals surface area contributed by atoms with Gasteiger partial charge in [-0.25, -0.2) is 4.79 Å². The molecule has 0 atom stereocenters. The van der Waals surface area contributed by atoms with Gasteiger partial charge in [0.25, 0.3) is 0 Å². The normalized spacial score (nSPS) is 11.7. The minimum atomic E-state index is -0.397. The van der Waals surface area contributed by atoms with Crippen LogP contribution in [-0.4, -0.2) is 5.11 Å². The van der Waals surface area contributed by atoms with Crippen LogP contribution >= 0.6 is 0 Å². The third-order valence-electron chi connectivity index (χ3n) is 4.42. The fraction of sp³-hybridized carbons (Fsp3) is 0.250. The lowest BCUT2D eigenvalue weighted by atomic mass is 9.79. The van der Waals surface area contributed by atoms with Gasteiger partial charge in [0, 0.05) is 17.0 Å².